The summed E-state index contributed by atoms with van der Waals surface area (Å²) in [7, 11) is 3.68. The van der Waals surface area contributed by atoms with Gasteiger partial charge in [-0.25, -0.2) is 4.98 Å². The van der Waals surface area contributed by atoms with E-state index in [1.54, 1.807) is 7.11 Å². The Morgan fingerprint density at radius 1 is 1.29 bits per heavy atom. The van der Waals surface area contributed by atoms with Crippen LogP contribution in [0.5, 0.6) is 0 Å². The van der Waals surface area contributed by atoms with Crippen LogP contribution >= 0.6 is 0 Å². The van der Waals surface area contributed by atoms with E-state index in [0.717, 1.165) is 37.6 Å². The summed E-state index contributed by atoms with van der Waals surface area (Å²) < 4.78 is 12.3. The van der Waals surface area contributed by atoms with E-state index in [4.69, 9.17) is 9.47 Å². The van der Waals surface area contributed by atoms with Crippen molar-refractivity contribution in [1.82, 2.24) is 9.55 Å². The maximum atomic E-state index is 5.38. The first-order valence-electron chi connectivity index (χ1n) is 6.04. The number of ether oxygens (including phenoxy) is 2. The van der Waals surface area contributed by atoms with Crippen LogP contribution in [0.25, 0.3) is 0 Å². The Morgan fingerprint density at radius 2 is 2.12 bits per heavy atom. The zero-order chi connectivity index (χ0) is 12.5. The van der Waals surface area contributed by atoms with Crippen molar-refractivity contribution in [3.63, 3.8) is 0 Å². The number of methoxy groups -OCH3 is 1. The molecule has 0 bridgehead atoms. The van der Waals surface area contributed by atoms with Crippen LogP contribution in [0.3, 0.4) is 0 Å². The largest absolute Gasteiger partial charge is 0.382 e. The van der Waals surface area contributed by atoms with Gasteiger partial charge in [-0.3, -0.25) is 0 Å². The van der Waals surface area contributed by atoms with Gasteiger partial charge in [-0.05, 0) is 19.8 Å². The molecular formula is C12H23N3O2. The van der Waals surface area contributed by atoms with Crippen molar-refractivity contribution in [3.05, 3.63) is 11.9 Å². The first-order valence-corrected chi connectivity index (χ1v) is 6.04. The van der Waals surface area contributed by atoms with E-state index >= 15 is 0 Å². The maximum absolute atomic E-state index is 5.38. The molecule has 0 fully saturated rings. The second-order valence-corrected chi connectivity index (χ2v) is 4.06. The number of imidazole rings is 1. The van der Waals surface area contributed by atoms with Crippen LogP contribution in [0.15, 0.2) is 6.20 Å². The molecule has 0 unspecified atom stereocenters. The minimum Gasteiger partial charge on any atom is -0.382 e. The van der Waals surface area contributed by atoms with Crippen molar-refractivity contribution >= 4 is 5.95 Å². The summed E-state index contributed by atoms with van der Waals surface area (Å²) in [5.74, 6) is 0.933. The van der Waals surface area contributed by atoms with Gasteiger partial charge in [0.1, 0.15) is 0 Å². The summed E-state index contributed by atoms with van der Waals surface area (Å²) in [6, 6.07) is 0. The lowest BCUT2D eigenvalue weighted by atomic mass is 10.3. The molecule has 0 saturated carbocycles. The normalized spacial score (nSPS) is 10.8. The Labute approximate surface area is 103 Å². The molecule has 0 aliphatic rings. The molecule has 1 heterocycles. The minimum absolute atomic E-state index is 0.671. The van der Waals surface area contributed by atoms with Gasteiger partial charge in [0, 0.05) is 33.5 Å². The minimum atomic E-state index is 0.671. The van der Waals surface area contributed by atoms with E-state index in [0.29, 0.717) is 13.2 Å². The molecular weight excluding hydrogens is 218 g/mol. The van der Waals surface area contributed by atoms with Gasteiger partial charge < -0.3 is 19.4 Å². The molecule has 1 N–H and O–H groups in total. The van der Waals surface area contributed by atoms with Crippen LogP contribution in [0.2, 0.25) is 0 Å². The van der Waals surface area contributed by atoms with Gasteiger partial charge in [-0.2, -0.15) is 0 Å². The summed E-state index contributed by atoms with van der Waals surface area (Å²) in [4.78, 5) is 4.37. The molecule has 0 amide bonds. The number of unbranched alkanes of at least 4 members (excludes halogenated alkanes) is 1. The van der Waals surface area contributed by atoms with Gasteiger partial charge >= 0.3 is 0 Å². The zero-order valence-corrected chi connectivity index (χ0v) is 11.0. The topological polar surface area (TPSA) is 48.3 Å². The lowest BCUT2D eigenvalue weighted by molar-refractivity contribution is 0.0691. The smallest absolute Gasteiger partial charge is 0.202 e. The zero-order valence-electron chi connectivity index (χ0n) is 11.0. The molecule has 1 aromatic rings. The fourth-order valence-corrected chi connectivity index (χ4v) is 1.55. The number of anilines is 1. The van der Waals surface area contributed by atoms with Crippen molar-refractivity contribution in [3.8, 4) is 0 Å². The van der Waals surface area contributed by atoms with Gasteiger partial charge in [0.2, 0.25) is 5.95 Å². The van der Waals surface area contributed by atoms with Crippen molar-refractivity contribution < 1.29 is 9.47 Å². The van der Waals surface area contributed by atoms with Gasteiger partial charge in [0.05, 0.1) is 18.9 Å². The molecule has 0 spiro atoms. The number of aryl methyl sites for hydroxylation is 2. The highest BCUT2D eigenvalue weighted by molar-refractivity contribution is 5.27. The average Bonchev–Trinajstić information content (AvgIpc) is 2.61. The summed E-state index contributed by atoms with van der Waals surface area (Å²) in [6.07, 6.45) is 4.15. The highest BCUT2D eigenvalue weighted by atomic mass is 16.5. The summed E-state index contributed by atoms with van der Waals surface area (Å²) in [5.41, 5.74) is 1.04. The van der Waals surface area contributed by atoms with Crippen LogP contribution in [0.1, 0.15) is 18.5 Å². The van der Waals surface area contributed by atoms with Crippen LogP contribution in [-0.4, -0.2) is 43.0 Å². The predicted octanol–water partition coefficient (Wildman–Crippen LogP) is 1.58. The number of rotatable bonds is 9. The number of aromatic nitrogens is 2. The number of hydrogen-bond donors (Lipinski definition) is 1. The highest BCUT2D eigenvalue weighted by Gasteiger charge is 2.00. The Bertz CT molecular complexity index is 313. The van der Waals surface area contributed by atoms with Gasteiger partial charge in [0.25, 0.3) is 0 Å². The van der Waals surface area contributed by atoms with E-state index in [9.17, 15) is 0 Å². The molecule has 17 heavy (non-hydrogen) atoms. The van der Waals surface area contributed by atoms with Gasteiger partial charge in [0.15, 0.2) is 0 Å². The monoisotopic (exact) mass is 241 g/mol. The fraction of sp³-hybridized carbons (Fsp3) is 0.750. The Morgan fingerprint density at radius 3 is 2.76 bits per heavy atom. The number of nitrogens with one attached hydrogen (secondary N) is 1. The second-order valence-electron chi connectivity index (χ2n) is 4.06. The Balaban J connectivity index is 1.99. The van der Waals surface area contributed by atoms with Crippen LogP contribution in [0.4, 0.5) is 5.95 Å². The quantitative estimate of drug-likeness (QED) is 0.667. The summed E-state index contributed by atoms with van der Waals surface area (Å²) >= 11 is 0. The molecule has 5 heteroatoms. The van der Waals surface area contributed by atoms with E-state index in [1.165, 1.54) is 0 Å². The van der Waals surface area contributed by atoms with E-state index < -0.39 is 0 Å². The summed E-state index contributed by atoms with van der Waals surface area (Å²) in [5, 5.41) is 3.31. The SMILES string of the molecule is COCCOCCCCNc1nc(C)cn1C. The molecule has 0 aromatic carbocycles. The number of hydrogen-bond acceptors (Lipinski definition) is 4. The van der Waals surface area contributed by atoms with Crippen LogP contribution in [0, 0.1) is 6.92 Å². The molecule has 0 radical (unpaired) electrons. The Kier molecular flexibility index (Phi) is 6.65. The van der Waals surface area contributed by atoms with E-state index in [2.05, 4.69) is 10.3 Å². The maximum Gasteiger partial charge on any atom is 0.202 e. The summed E-state index contributed by atoms with van der Waals surface area (Å²) in [6.45, 7) is 5.07. The third-order valence-electron chi connectivity index (χ3n) is 2.43. The van der Waals surface area contributed by atoms with Crippen LogP contribution in [-0.2, 0) is 16.5 Å². The predicted molar refractivity (Wildman–Crippen MR) is 68.4 cm³/mol. The first kappa shape index (κ1) is 14.0. The van der Waals surface area contributed by atoms with Crippen molar-refractivity contribution in [2.24, 2.45) is 7.05 Å². The average molecular weight is 241 g/mol. The lowest BCUT2D eigenvalue weighted by Gasteiger charge is -2.06. The molecule has 1 aromatic heterocycles. The molecule has 98 valence electrons. The molecule has 0 saturated heterocycles. The molecule has 0 aliphatic heterocycles. The third kappa shape index (κ3) is 5.70. The molecule has 0 atom stereocenters. The number of nitrogens with zero attached hydrogens (tertiary/aromatic N) is 2. The van der Waals surface area contributed by atoms with E-state index in [1.807, 2.05) is 24.7 Å². The Hall–Kier alpha value is -1.07. The van der Waals surface area contributed by atoms with Crippen molar-refractivity contribution in [1.29, 1.82) is 0 Å². The van der Waals surface area contributed by atoms with E-state index in [-0.39, 0.29) is 0 Å². The van der Waals surface area contributed by atoms with Gasteiger partial charge in [-0.1, -0.05) is 0 Å². The lowest BCUT2D eigenvalue weighted by Crippen LogP contribution is -2.08. The fourth-order valence-electron chi connectivity index (χ4n) is 1.55. The van der Waals surface area contributed by atoms with Gasteiger partial charge in [-0.15, -0.1) is 0 Å². The first-order chi connectivity index (χ1) is 8.24. The third-order valence-corrected chi connectivity index (χ3v) is 2.43. The molecule has 1 rings (SSSR count). The molecule has 0 aliphatic carbocycles. The molecule has 5 nitrogen and oxygen atoms in total. The highest BCUT2D eigenvalue weighted by Crippen LogP contribution is 2.05. The van der Waals surface area contributed by atoms with Crippen molar-refractivity contribution in [2.45, 2.75) is 19.8 Å². The van der Waals surface area contributed by atoms with Crippen molar-refractivity contribution in [2.75, 3.05) is 38.8 Å². The standard InChI is InChI=1S/C12H23N3O2/c1-11-10-15(2)12(14-11)13-6-4-5-7-17-9-8-16-3/h10H,4-9H2,1-3H3,(H,13,14). The second kappa shape index (κ2) is 8.08. The van der Waals surface area contributed by atoms with Crippen LogP contribution < -0.4 is 5.32 Å².